The molecule has 0 aliphatic heterocycles. The summed E-state index contributed by atoms with van der Waals surface area (Å²) in [5.74, 6) is 0.308. The maximum Gasteiger partial charge on any atom is 0.225 e. The van der Waals surface area contributed by atoms with Gasteiger partial charge in [0.25, 0.3) is 0 Å². The molecule has 0 aliphatic carbocycles. The molecule has 1 aromatic heterocycles. The van der Waals surface area contributed by atoms with E-state index in [0.717, 1.165) is 5.56 Å². The number of anilines is 2. The van der Waals surface area contributed by atoms with Crippen LogP contribution in [0.1, 0.15) is 5.56 Å². The summed E-state index contributed by atoms with van der Waals surface area (Å²) in [5.41, 5.74) is 6.40. The third-order valence-corrected chi connectivity index (χ3v) is 2.85. The minimum Gasteiger partial charge on any atom is -0.383 e. The van der Waals surface area contributed by atoms with Gasteiger partial charge in [0.1, 0.15) is 16.2 Å². The highest BCUT2D eigenvalue weighted by Crippen LogP contribution is 2.17. The molecule has 0 spiro atoms. The van der Waals surface area contributed by atoms with Crippen LogP contribution in [0.3, 0.4) is 0 Å². The van der Waals surface area contributed by atoms with E-state index in [2.05, 4.69) is 31.2 Å². The number of nitrogens with one attached hydrogen (secondary N) is 1. The molecular weight excluding hydrogens is 323 g/mol. The molecule has 18 heavy (non-hydrogen) atoms. The van der Waals surface area contributed by atoms with Crippen LogP contribution in [0.25, 0.3) is 0 Å². The van der Waals surface area contributed by atoms with E-state index >= 15 is 0 Å². The Morgan fingerprint density at radius 2 is 2.11 bits per heavy atom. The van der Waals surface area contributed by atoms with Crippen LogP contribution in [0.5, 0.6) is 0 Å². The maximum absolute atomic E-state index is 13.0. The first kappa shape index (κ1) is 13.0. The van der Waals surface area contributed by atoms with Crippen molar-refractivity contribution in [3.63, 3.8) is 0 Å². The maximum atomic E-state index is 13.0. The Kier molecular flexibility index (Phi) is 3.98. The Labute approximate surface area is 117 Å². The summed E-state index contributed by atoms with van der Waals surface area (Å²) < 4.78 is 13.6. The zero-order valence-electron chi connectivity index (χ0n) is 9.12. The summed E-state index contributed by atoms with van der Waals surface area (Å²) in [7, 11) is 0. The second-order valence-corrected chi connectivity index (χ2v) is 4.76. The van der Waals surface area contributed by atoms with Gasteiger partial charge in [-0.05, 0) is 33.6 Å². The number of hydrogen-bond donors (Lipinski definition) is 2. The van der Waals surface area contributed by atoms with Crippen molar-refractivity contribution < 1.29 is 4.39 Å². The second-order valence-electron chi connectivity index (χ2n) is 3.54. The lowest BCUT2D eigenvalue weighted by Gasteiger charge is -2.06. The first-order valence-electron chi connectivity index (χ1n) is 5.02. The molecule has 0 unspecified atom stereocenters. The highest BCUT2D eigenvalue weighted by Gasteiger charge is 2.03. The van der Waals surface area contributed by atoms with Crippen molar-refractivity contribution in [2.75, 3.05) is 11.1 Å². The topological polar surface area (TPSA) is 63.8 Å². The predicted octanol–water partition coefficient (Wildman–Crippen LogP) is 3.23. The molecular formula is C11H9BrClFN4. The van der Waals surface area contributed by atoms with Crippen molar-refractivity contribution >= 4 is 39.3 Å². The van der Waals surface area contributed by atoms with Crippen molar-refractivity contribution in [3.05, 3.63) is 45.3 Å². The third kappa shape index (κ3) is 3.30. The van der Waals surface area contributed by atoms with Crippen molar-refractivity contribution in [2.24, 2.45) is 0 Å². The lowest BCUT2D eigenvalue weighted by Crippen LogP contribution is -2.05. The van der Waals surface area contributed by atoms with Gasteiger partial charge in [-0.15, -0.1) is 0 Å². The number of hydrogen-bond acceptors (Lipinski definition) is 4. The van der Waals surface area contributed by atoms with E-state index in [4.69, 9.17) is 17.3 Å². The highest BCUT2D eigenvalue weighted by molar-refractivity contribution is 9.10. The van der Waals surface area contributed by atoms with Crippen molar-refractivity contribution in [1.82, 2.24) is 9.97 Å². The van der Waals surface area contributed by atoms with Crippen LogP contribution >= 0.6 is 27.5 Å². The zero-order valence-corrected chi connectivity index (χ0v) is 11.5. The fourth-order valence-electron chi connectivity index (χ4n) is 1.34. The van der Waals surface area contributed by atoms with Gasteiger partial charge in [-0.3, -0.25) is 0 Å². The molecule has 0 saturated heterocycles. The largest absolute Gasteiger partial charge is 0.383 e. The number of nitrogen functional groups attached to an aromatic ring is 1. The summed E-state index contributed by atoms with van der Waals surface area (Å²) in [6, 6.07) is 6.09. The fourth-order valence-corrected chi connectivity index (χ4v) is 1.95. The zero-order chi connectivity index (χ0) is 13.1. The minimum absolute atomic E-state index is 0.0870. The lowest BCUT2D eigenvalue weighted by molar-refractivity contribution is 0.627. The van der Waals surface area contributed by atoms with Gasteiger partial charge >= 0.3 is 0 Å². The SMILES string of the molecule is Nc1cc(Br)nc(NCc2ccc(F)c(Cl)c2)n1. The first-order valence-corrected chi connectivity index (χ1v) is 6.19. The van der Waals surface area contributed by atoms with Gasteiger partial charge in [0.2, 0.25) is 5.95 Å². The molecule has 2 aromatic rings. The van der Waals surface area contributed by atoms with Gasteiger partial charge in [-0.25, -0.2) is 9.37 Å². The molecule has 1 heterocycles. The number of aromatic nitrogens is 2. The molecule has 0 aliphatic rings. The number of nitrogens with zero attached hydrogens (tertiary/aromatic N) is 2. The average molecular weight is 332 g/mol. The number of rotatable bonds is 3. The van der Waals surface area contributed by atoms with Gasteiger partial charge in [0.05, 0.1) is 5.02 Å². The monoisotopic (exact) mass is 330 g/mol. The van der Waals surface area contributed by atoms with E-state index in [1.54, 1.807) is 18.2 Å². The van der Waals surface area contributed by atoms with Crippen molar-refractivity contribution in [1.29, 1.82) is 0 Å². The van der Waals surface area contributed by atoms with E-state index in [1.807, 2.05) is 0 Å². The van der Waals surface area contributed by atoms with E-state index < -0.39 is 5.82 Å². The Balaban J connectivity index is 2.08. The summed E-state index contributed by atoms with van der Waals surface area (Å²) >= 11 is 8.90. The molecule has 0 saturated carbocycles. The molecule has 0 radical (unpaired) electrons. The van der Waals surface area contributed by atoms with E-state index in [9.17, 15) is 4.39 Å². The average Bonchev–Trinajstić information content (AvgIpc) is 2.29. The third-order valence-electron chi connectivity index (χ3n) is 2.15. The van der Waals surface area contributed by atoms with Gasteiger partial charge in [0.15, 0.2) is 0 Å². The molecule has 7 heteroatoms. The fraction of sp³-hybridized carbons (Fsp3) is 0.0909. The van der Waals surface area contributed by atoms with Crippen LogP contribution in [-0.4, -0.2) is 9.97 Å². The van der Waals surface area contributed by atoms with Crippen LogP contribution in [0.4, 0.5) is 16.2 Å². The molecule has 94 valence electrons. The quantitative estimate of drug-likeness (QED) is 0.848. The van der Waals surface area contributed by atoms with Gasteiger partial charge in [0, 0.05) is 12.6 Å². The summed E-state index contributed by atoms with van der Waals surface area (Å²) in [6.45, 7) is 0.426. The summed E-state index contributed by atoms with van der Waals surface area (Å²) in [6.07, 6.45) is 0. The molecule has 0 amide bonds. The van der Waals surface area contributed by atoms with E-state index in [1.165, 1.54) is 6.07 Å². The lowest BCUT2D eigenvalue weighted by atomic mass is 10.2. The van der Waals surface area contributed by atoms with Crippen LogP contribution < -0.4 is 11.1 Å². The first-order chi connectivity index (χ1) is 8.54. The highest BCUT2D eigenvalue weighted by atomic mass is 79.9. The van der Waals surface area contributed by atoms with Crippen molar-refractivity contribution in [3.8, 4) is 0 Å². The van der Waals surface area contributed by atoms with Crippen LogP contribution in [-0.2, 0) is 6.54 Å². The Hall–Kier alpha value is -1.40. The molecule has 3 N–H and O–H groups in total. The summed E-state index contributed by atoms with van der Waals surface area (Å²) in [5, 5.41) is 3.06. The number of nitrogens with two attached hydrogens (primary N) is 1. The van der Waals surface area contributed by atoms with Crippen LogP contribution in [0, 0.1) is 5.82 Å². The van der Waals surface area contributed by atoms with Crippen LogP contribution in [0.15, 0.2) is 28.9 Å². The minimum atomic E-state index is -0.441. The molecule has 2 rings (SSSR count). The van der Waals surface area contributed by atoms with Crippen molar-refractivity contribution in [2.45, 2.75) is 6.54 Å². The molecule has 0 bridgehead atoms. The molecule has 1 aromatic carbocycles. The molecule has 0 atom stereocenters. The number of halogens is 3. The van der Waals surface area contributed by atoms with Gasteiger partial charge in [-0.1, -0.05) is 17.7 Å². The molecule has 4 nitrogen and oxygen atoms in total. The Morgan fingerprint density at radius 3 is 2.78 bits per heavy atom. The number of benzene rings is 1. The normalized spacial score (nSPS) is 10.4. The van der Waals surface area contributed by atoms with Crippen LogP contribution in [0.2, 0.25) is 5.02 Å². The van der Waals surface area contributed by atoms with E-state index in [-0.39, 0.29) is 5.02 Å². The van der Waals surface area contributed by atoms with E-state index in [0.29, 0.717) is 22.9 Å². The van der Waals surface area contributed by atoms with Gasteiger partial charge in [-0.2, -0.15) is 4.98 Å². The van der Waals surface area contributed by atoms with Gasteiger partial charge < -0.3 is 11.1 Å². The molecule has 0 fully saturated rings. The Bertz CT molecular complexity index is 559. The summed E-state index contributed by atoms with van der Waals surface area (Å²) in [4.78, 5) is 8.10. The predicted molar refractivity (Wildman–Crippen MR) is 72.9 cm³/mol. The standard InChI is InChI=1S/C11H9BrClFN4/c12-9-4-10(15)18-11(17-9)16-5-6-1-2-8(14)7(13)3-6/h1-4H,5H2,(H3,15,16,17,18). The smallest absolute Gasteiger partial charge is 0.225 e. The Morgan fingerprint density at radius 1 is 1.33 bits per heavy atom. The second kappa shape index (κ2) is 5.49.